The molecular weight excluding hydrogens is 396 g/mol. The van der Waals surface area contributed by atoms with Crippen molar-refractivity contribution < 1.29 is 4.74 Å². The van der Waals surface area contributed by atoms with E-state index in [0.29, 0.717) is 0 Å². The van der Waals surface area contributed by atoms with E-state index in [0.717, 1.165) is 81.9 Å². The lowest BCUT2D eigenvalue weighted by molar-refractivity contribution is 0.0342. The predicted octanol–water partition coefficient (Wildman–Crippen LogP) is 4.89. The molecule has 4 aromatic rings. The second-order valence-corrected chi connectivity index (χ2v) is 8.77. The van der Waals surface area contributed by atoms with E-state index in [1.165, 1.54) is 27.5 Å². The number of pyridine rings is 1. The average Bonchev–Trinajstić information content (AvgIpc) is 3.20. The number of hydrogen-bond donors (Lipinski definition) is 2. The minimum absolute atomic E-state index is 0.771. The molecule has 0 spiro atoms. The van der Waals surface area contributed by atoms with Crippen molar-refractivity contribution in [1.82, 2.24) is 14.9 Å². The SMILES string of the molecule is NCCCCCc1ccc2c(n1)[nH]c1ccc(-c3ccc(CN4CCOCC4)cc3)cc12. The minimum atomic E-state index is 0.771. The fourth-order valence-corrected chi connectivity index (χ4v) is 4.58. The maximum atomic E-state index is 5.60. The van der Waals surface area contributed by atoms with E-state index in [4.69, 9.17) is 15.5 Å². The highest BCUT2D eigenvalue weighted by molar-refractivity contribution is 6.07. The van der Waals surface area contributed by atoms with Gasteiger partial charge in [0.25, 0.3) is 0 Å². The largest absolute Gasteiger partial charge is 0.379 e. The molecule has 1 aliphatic rings. The maximum absolute atomic E-state index is 5.60. The molecule has 3 N–H and O–H groups in total. The molecule has 0 unspecified atom stereocenters. The lowest BCUT2D eigenvalue weighted by Gasteiger charge is -2.26. The molecule has 5 nitrogen and oxygen atoms in total. The van der Waals surface area contributed by atoms with Crippen LogP contribution < -0.4 is 5.73 Å². The molecule has 1 saturated heterocycles. The first-order chi connectivity index (χ1) is 15.8. The lowest BCUT2D eigenvalue weighted by atomic mass is 10.0. The van der Waals surface area contributed by atoms with Gasteiger partial charge in [-0.05, 0) is 66.8 Å². The number of aryl methyl sites for hydroxylation is 1. The molecule has 166 valence electrons. The van der Waals surface area contributed by atoms with Crippen LogP contribution in [-0.4, -0.2) is 47.7 Å². The van der Waals surface area contributed by atoms with E-state index < -0.39 is 0 Å². The molecule has 0 radical (unpaired) electrons. The van der Waals surface area contributed by atoms with Crippen LogP contribution in [0.1, 0.15) is 30.5 Å². The van der Waals surface area contributed by atoms with E-state index in [2.05, 4.69) is 64.5 Å². The average molecular weight is 429 g/mol. The van der Waals surface area contributed by atoms with Gasteiger partial charge in [-0.1, -0.05) is 36.8 Å². The van der Waals surface area contributed by atoms with Gasteiger partial charge in [0.1, 0.15) is 5.65 Å². The van der Waals surface area contributed by atoms with Crippen LogP contribution in [0.4, 0.5) is 0 Å². The maximum Gasteiger partial charge on any atom is 0.138 e. The molecule has 2 aromatic carbocycles. The normalized spacial score (nSPS) is 15.0. The van der Waals surface area contributed by atoms with Crippen molar-refractivity contribution >= 4 is 21.9 Å². The molecule has 5 rings (SSSR count). The first-order valence-corrected chi connectivity index (χ1v) is 11.8. The van der Waals surface area contributed by atoms with Gasteiger partial charge in [0, 0.05) is 41.6 Å². The summed E-state index contributed by atoms with van der Waals surface area (Å²) in [6.07, 6.45) is 4.40. The van der Waals surface area contributed by atoms with Gasteiger partial charge in [0.15, 0.2) is 0 Å². The molecule has 3 heterocycles. The Balaban J connectivity index is 1.34. The van der Waals surface area contributed by atoms with Crippen LogP contribution in [0.15, 0.2) is 54.6 Å². The van der Waals surface area contributed by atoms with Crippen LogP contribution in [0.25, 0.3) is 33.1 Å². The first-order valence-electron chi connectivity index (χ1n) is 11.8. The Morgan fingerprint density at radius 3 is 2.50 bits per heavy atom. The zero-order chi connectivity index (χ0) is 21.8. The highest BCUT2D eigenvalue weighted by atomic mass is 16.5. The number of aromatic nitrogens is 2. The number of nitrogens with zero attached hydrogens (tertiary/aromatic N) is 2. The summed E-state index contributed by atoms with van der Waals surface area (Å²) >= 11 is 0. The van der Waals surface area contributed by atoms with Crippen molar-refractivity contribution in [2.45, 2.75) is 32.2 Å². The smallest absolute Gasteiger partial charge is 0.138 e. The fourth-order valence-electron chi connectivity index (χ4n) is 4.58. The third-order valence-corrected chi connectivity index (χ3v) is 6.45. The molecule has 0 bridgehead atoms. The van der Waals surface area contributed by atoms with Crippen LogP contribution in [0.5, 0.6) is 0 Å². The van der Waals surface area contributed by atoms with E-state index in [-0.39, 0.29) is 0 Å². The number of aromatic amines is 1. The predicted molar refractivity (Wildman–Crippen MR) is 132 cm³/mol. The Bertz CT molecular complexity index is 1180. The zero-order valence-electron chi connectivity index (χ0n) is 18.6. The van der Waals surface area contributed by atoms with Crippen molar-refractivity contribution in [3.8, 4) is 11.1 Å². The van der Waals surface area contributed by atoms with Gasteiger partial charge in [0.2, 0.25) is 0 Å². The molecule has 32 heavy (non-hydrogen) atoms. The molecule has 0 amide bonds. The summed E-state index contributed by atoms with van der Waals surface area (Å²) in [5.41, 5.74) is 12.7. The molecular formula is C27H32N4O. The number of hydrogen-bond acceptors (Lipinski definition) is 4. The van der Waals surface area contributed by atoms with Gasteiger partial charge in [-0.3, -0.25) is 4.90 Å². The summed E-state index contributed by atoms with van der Waals surface area (Å²) in [5, 5.41) is 2.42. The van der Waals surface area contributed by atoms with Crippen LogP contribution in [0, 0.1) is 0 Å². The summed E-state index contributed by atoms with van der Waals surface area (Å²) in [4.78, 5) is 10.8. The lowest BCUT2D eigenvalue weighted by Crippen LogP contribution is -2.35. The number of nitrogens with one attached hydrogen (secondary N) is 1. The van der Waals surface area contributed by atoms with Gasteiger partial charge in [-0.2, -0.15) is 0 Å². The van der Waals surface area contributed by atoms with Gasteiger partial charge in [-0.15, -0.1) is 0 Å². The van der Waals surface area contributed by atoms with E-state index in [1.54, 1.807) is 0 Å². The molecule has 1 fully saturated rings. The molecule has 5 heteroatoms. The van der Waals surface area contributed by atoms with Crippen LogP contribution >= 0.6 is 0 Å². The number of nitrogens with two attached hydrogens (primary N) is 1. The number of H-pyrrole nitrogens is 1. The van der Waals surface area contributed by atoms with Gasteiger partial charge < -0.3 is 15.5 Å². The number of rotatable bonds is 8. The zero-order valence-corrected chi connectivity index (χ0v) is 18.6. The Kier molecular flexibility index (Phi) is 6.49. The summed E-state index contributed by atoms with van der Waals surface area (Å²) in [7, 11) is 0. The minimum Gasteiger partial charge on any atom is -0.379 e. The molecule has 1 aliphatic heterocycles. The Morgan fingerprint density at radius 2 is 1.69 bits per heavy atom. The topological polar surface area (TPSA) is 67.2 Å². The summed E-state index contributed by atoms with van der Waals surface area (Å²) in [6.45, 7) is 5.48. The van der Waals surface area contributed by atoms with Crippen molar-refractivity contribution in [3.63, 3.8) is 0 Å². The number of benzene rings is 2. The molecule has 0 aliphatic carbocycles. The summed E-state index contributed by atoms with van der Waals surface area (Å²) < 4.78 is 5.45. The third kappa shape index (κ3) is 4.70. The van der Waals surface area contributed by atoms with Crippen molar-refractivity contribution in [1.29, 1.82) is 0 Å². The third-order valence-electron chi connectivity index (χ3n) is 6.45. The van der Waals surface area contributed by atoms with Crippen molar-refractivity contribution in [2.75, 3.05) is 32.8 Å². The molecule has 0 atom stereocenters. The van der Waals surface area contributed by atoms with Crippen LogP contribution in [0.2, 0.25) is 0 Å². The number of morpholine rings is 1. The summed E-state index contributed by atoms with van der Waals surface area (Å²) in [6, 6.07) is 20.0. The van der Waals surface area contributed by atoms with Crippen LogP contribution in [0.3, 0.4) is 0 Å². The van der Waals surface area contributed by atoms with E-state index >= 15 is 0 Å². The van der Waals surface area contributed by atoms with E-state index in [9.17, 15) is 0 Å². The number of ether oxygens (including phenoxy) is 1. The Morgan fingerprint density at radius 1 is 0.875 bits per heavy atom. The quantitative estimate of drug-likeness (QED) is 0.392. The van der Waals surface area contributed by atoms with Gasteiger partial charge >= 0.3 is 0 Å². The van der Waals surface area contributed by atoms with Crippen molar-refractivity contribution in [2.24, 2.45) is 5.73 Å². The van der Waals surface area contributed by atoms with Gasteiger partial charge in [-0.25, -0.2) is 4.98 Å². The van der Waals surface area contributed by atoms with E-state index in [1.807, 2.05) is 0 Å². The molecule has 2 aromatic heterocycles. The highest BCUT2D eigenvalue weighted by Crippen LogP contribution is 2.30. The highest BCUT2D eigenvalue weighted by Gasteiger charge is 2.11. The molecule has 0 saturated carbocycles. The standard InChI is InChI=1S/C27H32N4O/c28-13-3-1-2-4-23-10-11-24-25-18-22(9-12-26(25)30-27(24)29-23)21-7-5-20(6-8-21)19-31-14-16-32-17-15-31/h5-12,18H,1-4,13-17,19,28H2,(H,29,30). The number of fused-ring (bicyclic) bond motifs is 3. The number of unbranched alkanes of at least 4 members (excludes halogenated alkanes) is 2. The Labute approximate surface area is 189 Å². The van der Waals surface area contributed by atoms with Gasteiger partial charge in [0.05, 0.1) is 13.2 Å². The Hall–Kier alpha value is -2.73. The first kappa shape index (κ1) is 21.1. The second-order valence-electron chi connectivity index (χ2n) is 8.77. The second kappa shape index (κ2) is 9.82. The van der Waals surface area contributed by atoms with Crippen LogP contribution in [-0.2, 0) is 17.7 Å². The summed E-state index contributed by atoms with van der Waals surface area (Å²) in [5.74, 6) is 0. The van der Waals surface area contributed by atoms with Crippen molar-refractivity contribution in [3.05, 3.63) is 65.9 Å². The fraction of sp³-hybridized carbons (Fsp3) is 0.370. The monoisotopic (exact) mass is 428 g/mol.